The van der Waals surface area contributed by atoms with Crippen LogP contribution in [-0.4, -0.2) is 11.6 Å². The highest BCUT2D eigenvalue weighted by Crippen LogP contribution is 2.20. The molecule has 0 aromatic heterocycles. The van der Waals surface area contributed by atoms with Crippen molar-refractivity contribution >= 4 is 23.4 Å². The average Bonchev–Trinajstić information content (AvgIpc) is 2.16. The second-order valence-electron chi connectivity index (χ2n) is 2.88. The van der Waals surface area contributed by atoms with Crippen molar-refractivity contribution in [3.05, 3.63) is 30.3 Å². The van der Waals surface area contributed by atoms with Gasteiger partial charge in [0.2, 0.25) is 0 Å². The number of hydrogen-bond acceptors (Lipinski definition) is 1. The summed E-state index contributed by atoms with van der Waals surface area (Å²) in [7, 11) is 0. The van der Waals surface area contributed by atoms with Crippen LogP contribution in [0.4, 0.5) is 0 Å². The smallest absolute Gasteiger partial charge is 0.0257 e. The first-order chi connectivity index (χ1) is 5.83. The zero-order chi connectivity index (χ0) is 8.81. The lowest BCUT2D eigenvalue weighted by Crippen LogP contribution is -1.98. The van der Waals surface area contributed by atoms with Crippen LogP contribution in [0.1, 0.15) is 6.92 Å². The summed E-state index contributed by atoms with van der Waals surface area (Å²) >= 11 is 7.57. The number of hydrogen-bond donors (Lipinski definition) is 0. The minimum absolute atomic E-state index is 0.594. The van der Waals surface area contributed by atoms with E-state index < -0.39 is 0 Å². The molecule has 0 bridgehead atoms. The van der Waals surface area contributed by atoms with E-state index in [2.05, 4.69) is 31.2 Å². The molecule has 1 aromatic rings. The van der Waals surface area contributed by atoms with Crippen molar-refractivity contribution in [2.75, 3.05) is 11.6 Å². The third-order valence-electron chi connectivity index (χ3n) is 1.54. The Bertz CT molecular complexity index is 210. The third-order valence-corrected chi connectivity index (χ3v) is 3.41. The molecule has 0 amide bonds. The molecule has 1 aromatic carbocycles. The van der Waals surface area contributed by atoms with Gasteiger partial charge in [-0.2, -0.15) is 0 Å². The van der Waals surface area contributed by atoms with E-state index in [1.165, 1.54) is 4.90 Å². The molecule has 1 atom stereocenters. The van der Waals surface area contributed by atoms with Gasteiger partial charge in [0, 0.05) is 16.5 Å². The largest absolute Gasteiger partial charge is 0.126 e. The van der Waals surface area contributed by atoms with Gasteiger partial charge in [-0.15, -0.1) is 23.4 Å². The summed E-state index contributed by atoms with van der Waals surface area (Å²) in [6.45, 7) is 2.17. The Morgan fingerprint density at radius 3 is 2.58 bits per heavy atom. The quantitative estimate of drug-likeness (QED) is 0.528. The molecule has 1 rings (SSSR count). The van der Waals surface area contributed by atoms with Crippen LogP contribution in [0.5, 0.6) is 0 Å². The van der Waals surface area contributed by atoms with Crippen molar-refractivity contribution in [1.82, 2.24) is 0 Å². The van der Waals surface area contributed by atoms with Gasteiger partial charge in [-0.1, -0.05) is 25.1 Å². The molecule has 1 unspecified atom stereocenters. The van der Waals surface area contributed by atoms with Crippen molar-refractivity contribution in [2.45, 2.75) is 11.8 Å². The van der Waals surface area contributed by atoms with Crippen LogP contribution in [0, 0.1) is 5.92 Å². The fraction of sp³-hybridized carbons (Fsp3) is 0.400. The number of halogens is 1. The summed E-state index contributed by atoms with van der Waals surface area (Å²) in [5.74, 6) is 2.45. The van der Waals surface area contributed by atoms with Crippen LogP contribution >= 0.6 is 23.4 Å². The lowest BCUT2D eigenvalue weighted by atomic mass is 10.3. The number of benzene rings is 1. The van der Waals surface area contributed by atoms with Crippen LogP contribution in [0.25, 0.3) is 0 Å². The van der Waals surface area contributed by atoms with E-state index in [0.29, 0.717) is 5.92 Å². The standard InChI is InChI=1S/C10H13ClS/c1-9(7-11)8-12-10-5-3-2-4-6-10/h2-6,9H,7-8H2,1H3. The van der Waals surface area contributed by atoms with Gasteiger partial charge in [0.05, 0.1) is 0 Å². The van der Waals surface area contributed by atoms with Gasteiger partial charge in [-0.3, -0.25) is 0 Å². The highest BCUT2D eigenvalue weighted by molar-refractivity contribution is 7.99. The van der Waals surface area contributed by atoms with Gasteiger partial charge in [0.25, 0.3) is 0 Å². The van der Waals surface area contributed by atoms with Gasteiger partial charge in [0.15, 0.2) is 0 Å². The normalized spacial score (nSPS) is 12.8. The van der Waals surface area contributed by atoms with E-state index in [4.69, 9.17) is 11.6 Å². The van der Waals surface area contributed by atoms with Crippen LogP contribution in [0.2, 0.25) is 0 Å². The maximum absolute atomic E-state index is 5.70. The first-order valence-corrected chi connectivity index (χ1v) is 5.58. The lowest BCUT2D eigenvalue weighted by molar-refractivity contribution is 0.759. The molecule has 0 heterocycles. The third kappa shape index (κ3) is 3.51. The molecule has 0 spiro atoms. The maximum atomic E-state index is 5.70. The Balaban J connectivity index is 2.33. The van der Waals surface area contributed by atoms with Crippen LogP contribution < -0.4 is 0 Å². The summed E-state index contributed by atoms with van der Waals surface area (Å²) in [6, 6.07) is 10.4. The van der Waals surface area contributed by atoms with Gasteiger partial charge < -0.3 is 0 Å². The maximum Gasteiger partial charge on any atom is 0.0257 e. The van der Waals surface area contributed by atoms with Crippen molar-refractivity contribution in [1.29, 1.82) is 0 Å². The van der Waals surface area contributed by atoms with Gasteiger partial charge >= 0.3 is 0 Å². The molecular weight excluding hydrogens is 188 g/mol. The Kier molecular flexibility index (Phi) is 4.55. The molecule has 0 radical (unpaired) electrons. The highest BCUT2D eigenvalue weighted by Gasteiger charge is 2.00. The van der Waals surface area contributed by atoms with E-state index >= 15 is 0 Å². The van der Waals surface area contributed by atoms with Crippen molar-refractivity contribution in [3.63, 3.8) is 0 Å². The summed E-state index contributed by atoms with van der Waals surface area (Å²) in [4.78, 5) is 1.33. The Morgan fingerprint density at radius 2 is 2.00 bits per heavy atom. The van der Waals surface area contributed by atoms with E-state index in [1.807, 2.05) is 17.8 Å². The predicted octanol–water partition coefficient (Wildman–Crippen LogP) is 3.65. The predicted molar refractivity (Wildman–Crippen MR) is 57.1 cm³/mol. The Labute approximate surface area is 83.3 Å². The molecule has 0 nitrogen and oxygen atoms in total. The molecule has 0 saturated carbocycles. The first kappa shape index (κ1) is 9.94. The van der Waals surface area contributed by atoms with E-state index in [-0.39, 0.29) is 0 Å². The van der Waals surface area contributed by atoms with Crippen molar-refractivity contribution in [3.8, 4) is 0 Å². The molecule has 0 N–H and O–H groups in total. The van der Waals surface area contributed by atoms with Crippen LogP contribution in [-0.2, 0) is 0 Å². The van der Waals surface area contributed by atoms with Gasteiger partial charge in [0.1, 0.15) is 0 Å². The second-order valence-corrected chi connectivity index (χ2v) is 4.29. The zero-order valence-corrected chi connectivity index (χ0v) is 8.74. The summed E-state index contributed by atoms with van der Waals surface area (Å²) in [5, 5.41) is 0. The minimum Gasteiger partial charge on any atom is -0.126 e. The Hall–Kier alpha value is -0.140. The van der Waals surface area contributed by atoms with Crippen LogP contribution in [0.3, 0.4) is 0 Å². The fourth-order valence-corrected chi connectivity index (χ4v) is 1.98. The molecule has 66 valence electrons. The van der Waals surface area contributed by atoms with E-state index in [1.54, 1.807) is 0 Å². The zero-order valence-electron chi connectivity index (χ0n) is 7.16. The number of rotatable bonds is 4. The number of thioether (sulfide) groups is 1. The van der Waals surface area contributed by atoms with Crippen LogP contribution in [0.15, 0.2) is 35.2 Å². The molecule has 0 aliphatic carbocycles. The first-order valence-electron chi connectivity index (χ1n) is 4.06. The van der Waals surface area contributed by atoms with E-state index in [9.17, 15) is 0 Å². The van der Waals surface area contributed by atoms with Gasteiger partial charge in [-0.25, -0.2) is 0 Å². The molecule has 2 heteroatoms. The SMILES string of the molecule is CC(CCl)CSc1ccccc1. The molecule has 0 fully saturated rings. The molecule has 0 aliphatic heterocycles. The monoisotopic (exact) mass is 200 g/mol. The van der Waals surface area contributed by atoms with Crippen molar-refractivity contribution < 1.29 is 0 Å². The lowest BCUT2D eigenvalue weighted by Gasteiger charge is -2.05. The van der Waals surface area contributed by atoms with E-state index in [0.717, 1.165) is 11.6 Å². The molecular formula is C10H13ClS. The fourth-order valence-electron chi connectivity index (χ4n) is 0.800. The highest BCUT2D eigenvalue weighted by atomic mass is 35.5. The molecule has 0 aliphatic rings. The van der Waals surface area contributed by atoms with Crippen molar-refractivity contribution in [2.24, 2.45) is 5.92 Å². The molecule has 0 saturated heterocycles. The topological polar surface area (TPSA) is 0 Å². The summed E-state index contributed by atoms with van der Waals surface area (Å²) in [5.41, 5.74) is 0. The summed E-state index contributed by atoms with van der Waals surface area (Å²) < 4.78 is 0. The minimum atomic E-state index is 0.594. The number of alkyl halides is 1. The summed E-state index contributed by atoms with van der Waals surface area (Å²) in [6.07, 6.45) is 0. The Morgan fingerprint density at radius 1 is 1.33 bits per heavy atom. The van der Waals surface area contributed by atoms with Gasteiger partial charge in [-0.05, 0) is 18.1 Å². The molecule has 12 heavy (non-hydrogen) atoms. The second kappa shape index (κ2) is 5.50. The average molecular weight is 201 g/mol.